The van der Waals surface area contributed by atoms with Gasteiger partial charge in [0.05, 0.1) is 0 Å². The molecule has 0 spiro atoms. The minimum Gasteiger partial charge on any atom is -0.423 e. The van der Waals surface area contributed by atoms with Crippen molar-refractivity contribution in [2.45, 2.75) is 6.92 Å². The molecular formula is C6H9O3. The maximum atomic E-state index is 10.3. The zero-order valence-corrected chi connectivity index (χ0v) is 5.51. The Morgan fingerprint density at radius 3 is 2.56 bits per heavy atom. The molecule has 1 radical (unpaired) electrons. The van der Waals surface area contributed by atoms with Crippen molar-refractivity contribution in [1.82, 2.24) is 0 Å². The van der Waals surface area contributed by atoms with Gasteiger partial charge in [-0.2, -0.15) is 0 Å². The molecule has 0 bridgehead atoms. The van der Waals surface area contributed by atoms with Gasteiger partial charge < -0.3 is 9.47 Å². The van der Waals surface area contributed by atoms with Crippen LogP contribution in [0.3, 0.4) is 0 Å². The van der Waals surface area contributed by atoms with Crippen LogP contribution in [0, 0.1) is 6.29 Å². The van der Waals surface area contributed by atoms with Gasteiger partial charge in [0.25, 0.3) is 6.29 Å². The molecule has 0 N–H and O–H groups in total. The summed E-state index contributed by atoms with van der Waals surface area (Å²) in [6, 6.07) is 0. The molecule has 0 saturated heterocycles. The molecule has 0 aliphatic carbocycles. The first-order chi connectivity index (χ1) is 4.20. The van der Waals surface area contributed by atoms with E-state index in [2.05, 4.69) is 16.1 Å². The maximum Gasteiger partial charge on any atom is 0.332 e. The van der Waals surface area contributed by atoms with Gasteiger partial charge in [-0.05, 0) is 0 Å². The van der Waals surface area contributed by atoms with Crippen LogP contribution in [0.25, 0.3) is 0 Å². The predicted octanol–water partition coefficient (Wildman–Crippen LogP) is 0.871. The summed E-state index contributed by atoms with van der Waals surface area (Å²) in [6.45, 7) is 4.75. The first-order valence-electron chi connectivity index (χ1n) is 2.42. The third-order valence-electron chi connectivity index (χ3n) is 0.698. The van der Waals surface area contributed by atoms with Gasteiger partial charge in [0, 0.05) is 20.1 Å². The fraction of sp³-hybridized carbons (Fsp3) is 0.333. The number of rotatable bonds is 3. The second-order valence-electron chi connectivity index (χ2n) is 1.32. The molecule has 0 fully saturated rings. The summed E-state index contributed by atoms with van der Waals surface area (Å²) in [5, 5.41) is 0. The highest BCUT2D eigenvalue weighted by Gasteiger charge is 2.04. The molecule has 0 atom stereocenters. The van der Waals surface area contributed by atoms with Crippen LogP contribution in [0.5, 0.6) is 0 Å². The molecule has 0 saturated carbocycles. The molecule has 0 amide bonds. The molecule has 0 aliphatic heterocycles. The number of esters is 1. The lowest BCUT2D eigenvalue weighted by Gasteiger charge is -2.05. The van der Waals surface area contributed by atoms with Crippen molar-refractivity contribution < 1.29 is 14.3 Å². The number of hydrogen-bond donors (Lipinski definition) is 0. The number of carbonyl (C=O) groups is 1. The maximum absolute atomic E-state index is 10.3. The van der Waals surface area contributed by atoms with E-state index in [9.17, 15) is 4.79 Å². The molecule has 3 nitrogen and oxygen atoms in total. The molecule has 0 aromatic heterocycles. The number of ether oxygens (including phenoxy) is 2. The van der Waals surface area contributed by atoms with Crippen LogP contribution in [-0.4, -0.2) is 13.1 Å². The summed E-state index contributed by atoms with van der Waals surface area (Å²) in [5.74, 6) is -0.505. The van der Waals surface area contributed by atoms with Gasteiger partial charge in [-0.3, -0.25) is 0 Å². The Morgan fingerprint density at radius 1 is 1.67 bits per heavy atom. The van der Waals surface area contributed by atoms with E-state index in [-0.39, 0.29) is 6.29 Å². The quantitative estimate of drug-likeness (QED) is 0.419. The minimum atomic E-state index is -0.505. The van der Waals surface area contributed by atoms with E-state index in [1.807, 2.05) is 0 Å². The van der Waals surface area contributed by atoms with Crippen LogP contribution < -0.4 is 0 Å². The number of methoxy groups -OCH3 is 1. The van der Waals surface area contributed by atoms with E-state index in [0.29, 0.717) is 0 Å². The van der Waals surface area contributed by atoms with Crippen LogP contribution >= 0.6 is 0 Å². The van der Waals surface area contributed by atoms with Crippen molar-refractivity contribution in [3.05, 3.63) is 18.9 Å². The van der Waals surface area contributed by atoms with Crippen molar-refractivity contribution in [2.24, 2.45) is 0 Å². The van der Waals surface area contributed by atoms with E-state index in [1.165, 1.54) is 7.11 Å². The Labute approximate surface area is 54.3 Å². The normalized spacial score (nSPS) is 9.22. The molecular weight excluding hydrogens is 120 g/mol. The lowest BCUT2D eigenvalue weighted by Crippen LogP contribution is -2.06. The van der Waals surface area contributed by atoms with Crippen molar-refractivity contribution in [2.75, 3.05) is 7.11 Å². The summed E-state index contributed by atoms with van der Waals surface area (Å²) < 4.78 is 9.03. The second kappa shape index (κ2) is 4.09. The van der Waals surface area contributed by atoms with Crippen LogP contribution in [0.1, 0.15) is 6.92 Å². The van der Waals surface area contributed by atoms with Gasteiger partial charge >= 0.3 is 5.97 Å². The van der Waals surface area contributed by atoms with Crippen molar-refractivity contribution in [3.63, 3.8) is 0 Å². The van der Waals surface area contributed by atoms with Crippen molar-refractivity contribution >= 4 is 5.97 Å². The summed E-state index contributed by atoms with van der Waals surface area (Å²) in [6.07, 6.45) is 1.29. The average molecular weight is 129 g/mol. The fourth-order valence-electron chi connectivity index (χ4n) is 0.225. The lowest BCUT2D eigenvalue weighted by molar-refractivity contribution is -0.145. The highest BCUT2D eigenvalue weighted by Crippen LogP contribution is 1.99. The summed E-state index contributed by atoms with van der Waals surface area (Å²) >= 11 is 0. The monoisotopic (exact) mass is 129 g/mol. The number of carbonyl (C=O) groups excluding carboxylic acids is 1. The van der Waals surface area contributed by atoms with E-state index in [4.69, 9.17) is 0 Å². The standard InChI is InChI=1S/C6H9O3/c1-4-6(7)9-5(2)8-3/h4H,1H2,2-3H3. The van der Waals surface area contributed by atoms with Gasteiger partial charge in [-0.25, -0.2) is 4.79 Å². The molecule has 0 aromatic carbocycles. The highest BCUT2D eigenvalue weighted by molar-refractivity contribution is 5.81. The lowest BCUT2D eigenvalue weighted by atomic mass is 10.6. The molecule has 51 valence electrons. The van der Waals surface area contributed by atoms with Gasteiger partial charge in [-0.1, -0.05) is 6.58 Å². The number of hydrogen-bond acceptors (Lipinski definition) is 3. The largest absolute Gasteiger partial charge is 0.423 e. The molecule has 3 heteroatoms. The van der Waals surface area contributed by atoms with E-state index >= 15 is 0 Å². The van der Waals surface area contributed by atoms with Crippen LogP contribution in [0.15, 0.2) is 12.7 Å². The Balaban J connectivity index is 3.46. The van der Waals surface area contributed by atoms with Crippen LogP contribution in [0.4, 0.5) is 0 Å². The molecule has 0 rings (SSSR count). The Morgan fingerprint density at radius 2 is 2.22 bits per heavy atom. The first-order valence-corrected chi connectivity index (χ1v) is 2.42. The Hall–Kier alpha value is -0.830. The van der Waals surface area contributed by atoms with Gasteiger partial charge in [0.1, 0.15) is 0 Å². The smallest absolute Gasteiger partial charge is 0.332 e. The van der Waals surface area contributed by atoms with Crippen molar-refractivity contribution in [1.29, 1.82) is 0 Å². The molecule has 0 heterocycles. The summed E-state index contributed by atoms with van der Waals surface area (Å²) in [4.78, 5) is 10.3. The Bertz CT molecular complexity index is 109. The van der Waals surface area contributed by atoms with Crippen molar-refractivity contribution in [3.8, 4) is 0 Å². The minimum absolute atomic E-state index is 0.222. The third kappa shape index (κ3) is 3.73. The average Bonchev–Trinajstić information content (AvgIpc) is 1.87. The van der Waals surface area contributed by atoms with E-state index in [0.717, 1.165) is 6.08 Å². The van der Waals surface area contributed by atoms with E-state index in [1.54, 1.807) is 6.92 Å². The molecule has 0 unspecified atom stereocenters. The molecule has 9 heavy (non-hydrogen) atoms. The van der Waals surface area contributed by atoms with E-state index < -0.39 is 5.97 Å². The predicted molar refractivity (Wildman–Crippen MR) is 32.2 cm³/mol. The Kier molecular flexibility index (Phi) is 3.71. The summed E-state index contributed by atoms with van der Waals surface area (Å²) in [5.41, 5.74) is 0. The first kappa shape index (κ1) is 8.17. The molecule has 0 aromatic rings. The van der Waals surface area contributed by atoms with Gasteiger partial charge in [0.15, 0.2) is 0 Å². The van der Waals surface area contributed by atoms with Crippen LogP contribution in [0.2, 0.25) is 0 Å². The zero-order chi connectivity index (χ0) is 7.28. The zero-order valence-electron chi connectivity index (χ0n) is 5.51. The van der Waals surface area contributed by atoms with Gasteiger partial charge in [0.2, 0.25) is 0 Å². The fourth-order valence-corrected chi connectivity index (χ4v) is 0.225. The summed E-state index contributed by atoms with van der Waals surface area (Å²) in [7, 11) is 1.42. The highest BCUT2D eigenvalue weighted by atomic mass is 16.7. The molecule has 0 aliphatic rings. The SMILES string of the molecule is C=CC(=O)O[C](C)OC. The van der Waals surface area contributed by atoms with Gasteiger partial charge in [-0.15, -0.1) is 0 Å². The van der Waals surface area contributed by atoms with Crippen LogP contribution in [-0.2, 0) is 14.3 Å². The third-order valence-corrected chi connectivity index (χ3v) is 0.698. The topological polar surface area (TPSA) is 35.5 Å². The second-order valence-corrected chi connectivity index (χ2v) is 1.32.